The second kappa shape index (κ2) is 10.6. The lowest BCUT2D eigenvalue weighted by molar-refractivity contribution is -0.236. The third-order valence-corrected chi connectivity index (χ3v) is 5.16. The standard InChI is InChI=1S/C22H22F3NO8/c23-22(24,25)13-5-1-11(2-6-13)17(29)12-3-7-14(8-4-12)33-16(28)9-26-21-20(32)19(31)18(30)15(10-27)34-21/h1-8,15,18-21,26-27,30-32H,9-10H2/t15-,18-,19+,20-,21-/m1/s1. The maximum absolute atomic E-state index is 12.7. The highest BCUT2D eigenvalue weighted by Gasteiger charge is 2.43. The van der Waals surface area contributed by atoms with Gasteiger partial charge in [-0.15, -0.1) is 0 Å². The van der Waals surface area contributed by atoms with E-state index >= 15 is 0 Å². The molecule has 0 unspecified atom stereocenters. The predicted molar refractivity (Wildman–Crippen MR) is 109 cm³/mol. The van der Waals surface area contributed by atoms with E-state index in [1.165, 1.54) is 24.3 Å². The molecule has 0 aliphatic carbocycles. The topological polar surface area (TPSA) is 146 Å². The lowest BCUT2D eigenvalue weighted by atomic mass is 9.98. The SMILES string of the molecule is O=C(CN[C@@H]1O[C@H](CO)[C@@H](O)[C@H](O)[C@H]1O)Oc1ccc(C(=O)c2ccc(C(F)(F)F)cc2)cc1. The third-order valence-electron chi connectivity index (χ3n) is 5.16. The second-order valence-corrected chi connectivity index (χ2v) is 7.53. The van der Waals surface area contributed by atoms with E-state index in [4.69, 9.17) is 14.6 Å². The van der Waals surface area contributed by atoms with E-state index in [0.717, 1.165) is 24.3 Å². The monoisotopic (exact) mass is 485 g/mol. The van der Waals surface area contributed by atoms with E-state index in [-0.39, 0.29) is 16.9 Å². The summed E-state index contributed by atoms with van der Waals surface area (Å²) in [4.78, 5) is 24.5. The fraction of sp³-hybridized carbons (Fsp3) is 0.364. The summed E-state index contributed by atoms with van der Waals surface area (Å²) < 4.78 is 48.3. The zero-order valence-electron chi connectivity index (χ0n) is 17.5. The summed E-state index contributed by atoms with van der Waals surface area (Å²) in [6.45, 7) is -1.08. The lowest BCUT2D eigenvalue weighted by Crippen LogP contribution is -2.62. The molecular weight excluding hydrogens is 463 g/mol. The number of hydrogen-bond donors (Lipinski definition) is 5. The molecule has 34 heavy (non-hydrogen) atoms. The van der Waals surface area contributed by atoms with E-state index in [9.17, 15) is 38.1 Å². The van der Waals surface area contributed by atoms with Gasteiger partial charge in [0.15, 0.2) is 5.78 Å². The highest BCUT2D eigenvalue weighted by molar-refractivity contribution is 6.09. The molecule has 1 aliphatic rings. The van der Waals surface area contributed by atoms with E-state index in [1.54, 1.807) is 0 Å². The molecule has 1 aliphatic heterocycles. The van der Waals surface area contributed by atoms with E-state index in [2.05, 4.69) is 5.32 Å². The Morgan fingerprint density at radius 1 is 0.912 bits per heavy atom. The molecule has 2 aromatic rings. The average molecular weight is 485 g/mol. The summed E-state index contributed by atoms with van der Waals surface area (Å²) in [6, 6.07) is 9.10. The van der Waals surface area contributed by atoms with Gasteiger partial charge in [-0.2, -0.15) is 13.2 Å². The van der Waals surface area contributed by atoms with Gasteiger partial charge in [0, 0.05) is 11.1 Å². The van der Waals surface area contributed by atoms with Crippen molar-refractivity contribution < 1.29 is 52.7 Å². The molecule has 0 amide bonds. The van der Waals surface area contributed by atoms with Crippen LogP contribution in [0.4, 0.5) is 13.2 Å². The summed E-state index contributed by atoms with van der Waals surface area (Å²) >= 11 is 0. The Morgan fingerprint density at radius 3 is 2.00 bits per heavy atom. The highest BCUT2D eigenvalue weighted by atomic mass is 19.4. The van der Waals surface area contributed by atoms with Crippen molar-refractivity contribution in [2.45, 2.75) is 36.8 Å². The van der Waals surface area contributed by atoms with Gasteiger partial charge < -0.3 is 29.9 Å². The van der Waals surface area contributed by atoms with Crippen molar-refractivity contribution in [2.75, 3.05) is 13.2 Å². The molecule has 1 saturated heterocycles. The first-order valence-corrected chi connectivity index (χ1v) is 10.1. The Labute approximate surface area is 191 Å². The number of halogens is 3. The van der Waals surface area contributed by atoms with E-state index in [1.807, 2.05) is 0 Å². The van der Waals surface area contributed by atoms with Crippen molar-refractivity contribution in [1.82, 2.24) is 5.32 Å². The minimum atomic E-state index is -4.51. The summed E-state index contributed by atoms with van der Waals surface area (Å²) in [5.74, 6) is -1.25. The van der Waals surface area contributed by atoms with Gasteiger partial charge in [0.2, 0.25) is 0 Å². The van der Waals surface area contributed by atoms with Crippen molar-refractivity contribution in [1.29, 1.82) is 0 Å². The summed E-state index contributed by atoms with van der Waals surface area (Å²) in [5, 5.41) is 41.1. The van der Waals surface area contributed by atoms with Crippen molar-refractivity contribution in [3.8, 4) is 5.75 Å². The minimum absolute atomic E-state index is 0.0569. The number of aliphatic hydroxyl groups excluding tert-OH is 4. The predicted octanol–water partition coefficient (Wildman–Crippen LogP) is 0.231. The molecule has 3 rings (SSSR count). The van der Waals surface area contributed by atoms with Crippen LogP contribution >= 0.6 is 0 Å². The molecule has 0 aromatic heterocycles. The van der Waals surface area contributed by atoms with Crippen LogP contribution in [0.1, 0.15) is 21.5 Å². The van der Waals surface area contributed by atoms with E-state index in [0.29, 0.717) is 0 Å². The van der Waals surface area contributed by atoms with Crippen LogP contribution in [0.5, 0.6) is 5.75 Å². The molecule has 2 aromatic carbocycles. The number of ether oxygens (including phenoxy) is 2. The van der Waals surface area contributed by atoms with Gasteiger partial charge in [-0.05, 0) is 36.4 Å². The molecule has 1 heterocycles. The van der Waals surface area contributed by atoms with Crippen molar-refractivity contribution in [3.05, 3.63) is 65.2 Å². The van der Waals surface area contributed by atoms with Crippen LogP contribution in [0.25, 0.3) is 0 Å². The fourth-order valence-electron chi connectivity index (χ4n) is 3.27. The van der Waals surface area contributed by atoms with Gasteiger partial charge in [-0.25, -0.2) is 0 Å². The lowest BCUT2D eigenvalue weighted by Gasteiger charge is -2.40. The van der Waals surface area contributed by atoms with Gasteiger partial charge in [0.1, 0.15) is 36.4 Å². The number of alkyl halides is 3. The molecular formula is C22H22F3NO8. The summed E-state index contributed by atoms with van der Waals surface area (Å²) in [6.07, 6.45) is -11.6. The van der Waals surface area contributed by atoms with Crippen LogP contribution in [-0.4, -0.2) is 76.0 Å². The zero-order valence-corrected chi connectivity index (χ0v) is 17.5. The number of nitrogens with one attached hydrogen (secondary N) is 1. The average Bonchev–Trinajstić information content (AvgIpc) is 2.82. The number of aliphatic hydroxyl groups is 4. The smallest absolute Gasteiger partial charge is 0.416 e. The number of benzene rings is 2. The minimum Gasteiger partial charge on any atom is -0.426 e. The van der Waals surface area contributed by atoms with Gasteiger partial charge in [0.25, 0.3) is 0 Å². The Hall–Kier alpha value is -2.87. The molecule has 0 bridgehead atoms. The molecule has 184 valence electrons. The molecule has 0 saturated carbocycles. The maximum Gasteiger partial charge on any atom is 0.416 e. The largest absolute Gasteiger partial charge is 0.426 e. The van der Waals surface area contributed by atoms with Crippen LogP contribution in [0.3, 0.4) is 0 Å². The Morgan fingerprint density at radius 2 is 1.47 bits per heavy atom. The highest BCUT2D eigenvalue weighted by Crippen LogP contribution is 2.29. The molecule has 5 atom stereocenters. The number of carbonyl (C=O) groups excluding carboxylic acids is 2. The number of carbonyl (C=O) groups is 2. The van der Waals surface area contributed by atoms with Gasteiger partial charge in [-0.3, -0.25) is 14.9 Å². The third kappa shape index (κ3) is 5.97. The summed E-state index contributed by atoms with van der Waals surface area (Å²) in [7, 11) is 0. The zero-order chi connectivity index (χ0) is 25.0. The van der Waals surface area contributed by atoms with Crippen LogP contribution in [0, 0.1) is 0 Å². The van der Waals surface area contributed by atoms with Crippen LogP contribution in [0.15, 0.2) is 48.5 Å². The molecule has 0 spiro atoms. The van der Waals surface area contributed by atoms with Crippen LogP contribution < -0.4 is 10.1 Å². The molecule has 0 radical (unpaired) electrons. The second-order valence-electron chi connectivity index (χ2n) is 7.53. The normalized spacial score (nSPS) is 25.1. The van der Waals surface area contributed by atoms with Gasteiger partial charge in [0.05, 0.1) is 18.7 Å². The Balaban J connectivity index is 1.55. The van der Waals surface area contributed by atoms with Crippen molar-refractivity contribution >= 4 is 11.8 Å². The Kier molecular flexibility index (Phi) is 8.02. The molecule has 12 heteroatoms. The molecule has 5 N–H and O–H groups in total. The molecule has 1 fully saturated rings. The number of hydrogen-bond acceptors (Lipinski definition) is 9. The van der Waals surface area contributed by atoms with E-state index < -0.39 is 67.3 Å². The van der Waals surface area contributed by atoms with Crippen LogP contribution in [-0.2, 0) is 15.7 Å². The summed E-state index contributed by atoms with van der Waals surface area (Å²) in [5.41, 5.74) is -0.649. The maximum atomic E-state index is 12.7. The number of ketones is 1. The first kappa shape index (κ1) is 25.7. The fourth-order valence-corrected chi connectivity index (χ4v) is 3.27. The number of esters is 1. The van der Waals surface area contributed by atoms with Crippen molar-refractivity contribution in [3.63, 3.8) is 0 Å². The molecule has 9 nitrogen and oxygen atoms in total. The van der Waals surface area contributed by atoms with Gasteiger partial charge >= 0.3 is 12.1 Å². The quantitative estimate of drug-likeness (QED) is 0.211. The van der Waals surface area contributed by atoms with Gasteiger partial charge in [-0.1, -0.05) is 12.1 Å². The first-order valence-electron chi connectivity index (χ1n) is 10.1. The number of rotatable bonds is 7. The van der Waals surface area contributed by atoms with Crippen LogP contribution in [0.2, 0.25) is 0 Å². The Bertz CT molecular complexity index is 995. The van der Waals surface area contributed by atoms with Crippen molar-refractivity contribution in [2.24, 2.45) is 0 Å². The first-order chi connectivity index (χ1) is 16.0.